The second-order valence-corrected chi connectivity index (χ2v) is 6.46. The van der Waals surface area contributed by atoms with Gasteiger partial charge in [0.05, 0.1) is 23.2 Å². The molecule has 3 aromatic rings. The number of aromatic nitrogens is 2. The van der Waals surface area contributed by atoms with Gasteiger partial charge in [-0.2, -0.15) is 5.10 Å². The number of thioether (sulfide) groups is 1. The first-order valence-electron chi connectivity index (χ1n) is 7.58. The first-order valence-corrected chi connectivity index (χ1v) is 8.80. The SMILES string of the molecule is CSc1ccc(-c2cc(C)nn2-c2ccc(C(C)O)cc2)cc1. The number of hydrogen-bond donors (Lipinski definition) is 1. The summed E-state index contributed by atoms with van der Waals surface area (Å²) in [6.07, 6.45) is 1.62. The van der Waals surface area contributed by atoms with Crippen LogP contribution in [0.15, 0.2) is 59.5 Å². The lowest BCUT2D eigenvalue weighted by Gasteiger charge is -2.10. The number of hydrogen-bond acceptors (Lipinski definition) is 3. The predicted octanol–water partition coefficient (Wildman–Crippen LogP) is 4.62. The Morgan fingerprint density at radius 3 is 2.26 bits per heavy atom. The average Bonchev–Trinajstić information content (AvgIpc) is 2.97. The van der Waals surface area contributed by atoms with E-state index in [0.29, 0.717) is 0 Å². The number of nitrogens with zero attached hydrogens (tertiary/aromatic N) is 2. The number of rotatable bonds is 4. The summed E-state index contributed by atoms with van der Waals surface area (Å²) in [6, 6.07) is 18.5. The zero-order valence-electron chi connectivity index (χ0n) is 13.5. The Bertz CT molecular complexity index is 789. The van der Waals surface area contributed by atoms with Crippen LogP contribution in [0, 0.1) is 6.92 Å². The van der Waals surface area contributed by atoms with E-state index in [1.54, 1.807) is 18.7 Å². The summed E-state index contributed by atoms with van der Waals surface area (Å²) in [6.45, 7) is 3.77. The number of benzene rings is 2. The molecule has 1 N–H and O–H groups in total. The maximum absolute atomic E-state index is 9.65. The maximum atomic E-state index is 9.65. The molecule has 0 saturated carbocycles. The summed E-state index contributed by atoms with van der Waals surface area (Å²) < 4.78 is 1.95. The van der Waals surface area contributed by atoms with Crippen LogP contribution in [0.3, 0.4) is 0 Å². The van der Waals surface area contributed by atoms with Crippen molar-refractivity contribution in [3.8, 4) is 16.9 Å². The monoisotopic (exact) mass is 324 g/mol. The smallest absolute Gasteiger partial charge is 0.0761 e. The molecule has 0 fully saturated rings. The lowest BCUT2D eigenvalue weighted by Crippen LogP contribution is -2.00. The van der Waals surface area contributed by atoms with Crippen molar-refractivity contribution in [3.05, 3.63) is 65.9 Å². The van der Waals surface area contributed by atoms with Crippen LogP contribution in [0.4, 0.5) is 0 Å². The highest BCUT2D eigenvalue weighted by atomic mass is 32.2. The first kappa shape index (κ1) is 15.8. The molecular weight excluding hydrogens is 304 g/mol. The van der Waals surface area contributed by atoms with Crippen LogP contribution in [-0.4, -0.2) is 21.1 Å². The summed E-state index contributed by atoms with van der Waals surface area (Å²) in [4.78, 5) is 1.25. The zero-order valence-corrected chi connectivity index (χ0v) is 14.3. The van der Waals surface area contributed by atoms with Crippen molar-refractivity contribution in [3.63, 3.8) is 0 Å². The first-order chi connectivity index (χ1) is 11.1. The molecule has 1 heterocycles. The minimum Gasteiger partial charge on any atom is -0.389 e. The normalized spacial score (nSPS) is 12.3. The molecule has 0 radical (unpaired) electrons. The minimum absolute atomic E-state index is 0.457. The summed E-state index contributed by atoms with van der Waals surface area (Å²) in [7, 11) is 0. The second kappa shape index (κ2) is 6.60. The quantitative estimate of drug-likeness (QED) is 0.711. The van der Waals surface area contributed by atoms with Gasteiger partial charge in [-0.25, -0.2) is 4.68 Å². The van der Waals surface area contributed by atoms with Crippen molar-refractivity contribution >= 4 is 11.8 Å². The van der Waals surface area contributed by atoms with Gasteiger partial charge in [-0.05, 0) is 56.0 Å². The van der Waals surface area contributed by atoms with Crippen LogP contribution in [0.2, 0.25) is 0 Å². The van der Waals surface area contributed by atoms with Gasteiger partial charge in [0.2, 0.25) is 0 Å². The summed E-state index contributed by atoms with van der Waals surface area (Å²) in [5.41, 5.74) is 5.09. The standard InChI is InChI=1S/C19H20N2OS/c1-13-12-19(16-6-10-18(23-3)11-7-16)21(20-13)17-8-4-15(5-9-17)14(2)22/h4-12,14,22H,1-3H3. The Hall–Kier alpha value is -2.04. The molecule has 0 bridgehead atoms. The third-order valence-electron chi connectivity index (χ3n) is 3.84. The molecule has 4 heteroatoms. The molecule has 0 aliphatic heterocycles. The van der Waals surface area contributed by atoms with E-state index in [0.717, 1.165) is 28.2 Å². The van der Waals surface area contributed by atoms with Crippen molar-refractivity contribution in [2.45, 2.75) is 24.8 Å². The van der Waals surface area contributed by atoms with Gasteiger partial charge in [0.1, 0.15) is 0 Å². The third kappa shape index (κ3) is 3.33. The zero-order chi connectivity index (χ0) is 16.4. The van der Waals surface area contributed by atoms with Crippen LogP contribution in [0.25, 0.3) is 16.9 Å². The van der Waals surface area contributed by atoms with Crippen LogP contribution in [-0.2, 0) is 0 Å². The van der Waals surface area contributed by atoms with E-state index in [1.807, 2.05) is 35.9 Å². The van der Waals surface area contributed by atoms with Crippen molar-refractivity contribution in [2.24, 2.45) is 0 Å². The van der Waals surface area contributed by atoms with E-state index >= 15 is 0 Å². The fraction of sp³-hybridized carbons (Fsp3) is 0.211. The lowest BCUT2D eigenvalue weighted by atomic mass is 10.1. The van der Waals surface area contributed by atoms with Gasteiger partial charge in [-0.3, -0.25) is 0 Å². The van der Waals surface area contributed by atoms with Crippen LogP contribution < -0.4 is 0 Å². The predicted molar refractivity (Wildman–Crippen MR) is 96.2 cm³/mol. The van der Waals surface area contributed by atoms with Gasteiger partial charge in [0, 0.05) is 10.5 Å². The summed E-state index contributed by atoms with van der Waals surface area (Å²) >= 11 is 1.74. The van der Waals surface area contributed by atoms with Gasteiger partial charge >= 0.3 is 0 Å². The van der Waals surface area contributed by atoms with E-state index in [-0.39, 0.29) is 0 Å². The Morgan fingerprint density at radius 1 is 1.04 bits per heavy atom. The van der Waals surface area contributed by atoms with E-state index < -0.39 is 6.10 Å². The number of aliphatic hydroxyl groups is 1. The van der Waals surface area contributed by atoms with Gasteiger partial charge in [-0.15, -0.1) is 11.8 Å². The van der Waals surface area contributed by atoms with E-state index in [9.17, 15) is 5.11 Å². The molecule has 2 aromatic carbocycles. The molecular formula is C19H20N2OS. The Kier molecular flexibility index (Phi) is 4.55. The van der Waals surface area contributed by atoms with Gasteiger partial charge in [0.25, 0.3) is 0 Å². The van der Waals surface area contributed by atoms with E-state index in [1.165, 1.54) is 4.90 Å². The molecule has 118 valence electrons. The molecule has 1 aromatic heterocycles. The highest BCUT2D eigenvalue weighted by Gasteiger charge is 2.10. The maximum Gasteiger partial charge on any atom is 0.0761 e. The summed E-state index contributed by atoms with van der Waals surface area (Å²) in [5, 5.41) is 14.3. The fourth-order valence-corrected chi connectivity index (χ4v) is 2.97. The number of aliphatic hydroxyl groups excluding tert-OH is 1. The van der Waals surface area contributed by atoms with Gasteiger partial charge < -0.3 is 5.11 Å². The average molecular weight is 324 g/mol. The lowest BCUT2D eigenvalue weighted by molar-refractivity contribution is 0.199. The molecule has 0 aliphatic carbocycles. The van der Waals surface area contributed by atoms with Gasteiger partial charge in [0.15, 0.2) is 0 Å². The highest BCUT2D eigenvalue weighted by Crippen LogP contribution is 2.26. The van der Waals surface area contributed by atoms with Crippen molar-refractivity contribution in [2.75, 3.05) is 6.26 Å². The van der Waals surface area contributed by atoms with Crippen LogP contribution >= 0.6 is 11.8 Å². The third-order valence-corrected chi connectivity index (χ3v) is 4.58. The molecule has 0 saturated heterocycles. The van der Waals surface area contributed by atoms with Crippen molar-refractivity contribution < 1.29 is 5.11 Å². The van der Waals surface area contributed by atoms with Gasteiger partial charge in [-0.1, -0.05) is 24.3 Å². The minimum atomic E-state index is -0.457. The largest absolute Gasteiger partial charge is 0.389 e. The molecule has 0 amide bonds. The molecule has 3 nitrogen and oxygen atoms in total. The van der Waals surface area contributed by atoms with Crippen molar-refractivity contribution in [1.82, 2.24) is 9.78 Å². The molecule has 3 rings (SSSR count). The van der Waals surface area contributed by atoms with Crippen LogP contribution in [0.1, 0.15) is 24.3 Å². The van der Waals surface area contributed by atoms with Crippen LogP contribution in [0.5, 0.6) is 0 Å². The Balaban J connectivity index is 2.02. The molecule has 0 spiro atoms. The van der Waals surface area contributed by atoms with E-state index in [2.05, 4.69) is 41.7 Å². The fourth-order valence-electron chi connectivity index (χ4n) is 2.56. The molecule has 0 aliphatic rings. The highest BCUT2D eigenvalue weighted by molar-refractivity contribution is 7.98. The molecule has 1 atom stereocenters. The Morgan fingerprint density at radius 2 is 1.70 bits per heavy atom. The Labute approximate surface area is 141 Å². The molecule has 23 heavy (non-hydrogen) atoms. The number of aryl methyl sites for hydroxylation is 1. The summed E-state index contributed by atoms with van der Waals surface area (Å²) in [5.74, 6) is 0. The topological polar surface area (TPSA) is 38.0 Å². The molecule has 1 unspecified atom stereocenters. The van der Waals surface area contributed by atoms with E-state index in [4.69, 9.17) is 0 Å². The van der Waals surface area contributed by atoms with Crippen molar-refractivity contribution in [1.29, 1.82) is 0 Å². The second-order valence-electron chi connectivity index (χ2n) is 5.58.